The highest BCUT2D eigenvalue weighted by Crippen LogP contribution is 2.28. The van der Waals surface area contributed by atoms with Crippen LogP contribution in [0.1, 0.15) is 52.4 Å². The molecule has 0 aromatic heterocycles. The molecule has 1 aliphatic carbocycles. The van der Waals surface area contributed by atoms with Crippen molar-refractivity contribution in [2.45, 2.75) is 63.7 Å². The minimum absolute atomic E-state index is 0. The van der Waals surface area contributed by atoms with E-state index in [9.17, 15) is 0 Å². The van der Waals surface area contributed by atoms with E-state index < -0.39 is 0 Å². The number of nitrogens with one attached hydrogen (secondary N) is 2. The van der Waals surface area contributed by atoms with Gasteiger partial charge in [0, 0.05) is 24.4 Å². The normalized spacial score (nSPS) is 26.2. The fourth-order valence-electron chi connectivity index (χ4n) is 3.73. The van der Waals surface area contributed by atoms with E-state index in [1.54, 1.807) is 0 Å². The molecule has 0 spiro atoms. The molecule has 0 aromatic rings. The van der Waals surface area contributed by atoms with Crippen LogP contribution in [0.25, 0.3) is 0 Å². The van der Waals surface area contributed by atoms with Crippen molar-refractivity contribution in [3.05, 3.63) is 0 Å². The van der Waals surface area contributed by atoms with E-state index in [0.717, 1.165) is 30.2 Å². The third kappa shape index (κ3) is 7.68. The van der Waals surface area contributed by atoms with Gasteiger partial charge in [0.25, 0.3) is 0 Å². The maximum Gasteiger partial charge on any atom is 0.191 e. The Morgan fingerprint density at radius 1 is 1.17 bits per heavy atom. The minimum atomic E-state index is 0. The molecule has 2 fully saturated rings. The van der Waals surface area contributed by atoms with Gasteiger partial charge in [-0.25, -0.2) is 0 Å². The predicted octanol–water partition coefficient (Wildman–Crippen LogP) is 3.57. The van der Waals surface area contributed by atoms with E-state index in [1.165, 1.54) is 58.2 Å². The summed E-state index contributed by atoms with van der Waals surface area (Å²) >= 11 is 2.01. The average Bonchev–Trinajstić information content (AvgIpc) is 3.02. The number of aliphatic imine (C=N–C) groups is 1. The molecular weight excluding hydrogens is 431 g/mol. The van der Waals surface area contributed by atoms with Crippen molar-refractivity contribution < 1.29 is 0 Å². The largest absolute Gasteiger partial charge is 0.357 e. The zero-order chi connectivity index (χ0) is 16.5. The molecular formula is C18H37IN4S. The molecule has 4 nitrogen and oxygen atoms in total. The van der Waals surface area contributed by atoms with E-state index in [4.69, 9.17) is 4.99 Å². The number of hydrogen-bond donors (Lipinski definition) is 2. The summed E-state index contributed by atoms with van der Waals surface area (Å²) in [4.78, 5) is 7.49. The molecule has 1 aliphatic heterocycles. The summed E-state index contributed by atoms with van der Waals surface area (Å²) in [5, 5.41) is 7.93. The SMILES string of the molecule is CCCN1CCC(CN=C(NCC)NC2CCC(SC)C2)CC1.I. The number of rotatable bonds is 7. The maximum absolute atomic E-state index is 4.89. The molecule has 2 unspecified atom stereocenters. The topological polar surface area (TPSA) is 39.7 Å². The van der Waals surface area contributed by atoms with Crippen LogP contribution in [0.5, 0.6) is 0 Å². The first-order valence-electron chi connectivity index (χ1n) is 9.55. The van der Waals surface area contributed by atoms with Gasteiger partial charge in [0.1, 0.15) is 0 Å². The van der Waals surface area contributed by atoms with Gasteiger partial charge in [-0.15, -0.1) is 24.0 Å². The first kappa shape index (κ1) is 22.4. The summed E-state index contributed by atoms with van der Waals surface area (Å²) in [5.41, 5.74) is 0. The number of guanidine groups is 1. The van der Waals surface area contributed by atoms with Crippen LogP contribution in [0, 0.1) is 5.92 Å². The first-order chi connectivity index (χ1) is 11.2. The Balaban J connectivity index is 0.00000288. The molecule has 2 aliphatic rings. The maximum atomic E-state index is 4.89. The molecule has 1 saturated heterocycles. The molecule has 2 atom stereocenters. The molecule has 2 rings (SSSR count). The third-order valence-electron chi connectivity index (χ3n) is 5.16. The fraction of sp³-hybridized carbons (Fsp3) is 0.944. The number of halogens is 1. The molecule has 0 bridgehead atoms. The zero-order valence-electron chi connectivity index (χ0n) is 15.7. The number of likely N-dealkylation sites (tertiary alicyclic amines) is 1. The molecule has 0 amide bonds. The van der Waals surface area contributed by atoms with Crippen LogP contribution in [-0.4, -0.2) is 61.1 Å². The molecule has 0 aromatic carbocycles. The second-order valence-corrected chi connectivity index (χ2v) is 8.15. The van der Waals surface area contributed by atoms with Gasteiger partial charge in [0.2, 0.25) is 0 Å². The Bertz CT molecular complexity index is 359. The van der Waals surface area contributed by atoms with Crippen LogP contribution < -0.4 is 10.6 Å². The Hall–Kier alpha value is 0.310. The highest BCUT2D eigenvalue weighted by atomic mass is 127. The zero-order valence-corrected chi connectivity index (χ0v) is 18.9. The number of hydrogen-bond acceptors (Lipinski definition) is 3. The first-order valence-corrected chi connectivity index (χ1v) is 10.8. The minimum Gasteiger partial charge on any atom is -0.357 e. The highest BCUT2D eigenvalue weighted by Gasteiger charge is 2.24. The summed E-state index contributed by atoms with van der Waals surface area (Å²) in [7, 11) is 0. The summed E-state index contributed by atoms with van der Waals surface area (Å²) in [6.45, 7) is 10.1. The van der Waals surface area contributed by atoms with Crippen molar-refractivity contribution in [3.8, 4) is 0 Å². The van der Waals surface area contributed by atoms with E-state index in [2.05, 4.69) is 35.6 Å². The van der Waals surface area contributed by atoms with Crippen LogP contribution >= 0.6 is 35.7 Å². The van der Waals surface area contributed by atoms with Crippen molar-refractivity contribution in [1.29, 1.82) is 0 Å². The van der Waals surface area contributed by atoms with Gasteiger partial charge in [-0.2, -0.15) is 11.8 Å². The van der Waals surface area contributed by atoms with Crippen LogP contribution in [0.15, 0.2) is 4.99 Å². The molecule has 6 heteroatoms. The lowest BCUT2D eigenvalue weighted by atomic mass is 9.97. The van der Waals surface area contributed by atoms with Crippen molar-refractivity contribution in [1.82, 2.24) is 15.5 Å². The van der Waals surface area contributed by atoms with Crippen molar-refractivity contribution in [2.75, 3.05) is 39.0 Å². The molecule has 2 N–H and O–H groups in total. The molecule has 24 heavy (non-hydrogen) atoms. The Morgan fingerprint density at radius 2 is 1.92 bits per heavy atom. The smallest absolute Gasteiger partial charge is 0.191 e. The van der Waals surface area contributed by atoms with Crippen LogP contribution in [0.3, 0.4) is 0 Å². The van der Waals surface area contributed by atoms with E-state index in [1.807, 2.05) is 11.8 Å². The second-order valence-electron chi connectivity index (χ2n) is 7.02. The Morgan fingerprint density at radius 3 is 2.50 bits per heavy atom. The number of thioether (sulfide) groups is 1. The van der Waals surface area contributed by atoms with Crippen molar-refractivity contribution in [2.24, 2.45) is 10.9 Å². The monoisotopic (exact) mass is 468 g/mol. The second kappa shape index (κ2) is 12.6. The van der Waals surface area contributed by atoms with Crippen LogP contribution in [0.4, 0.5) is 0 Å². The van der Waals surface area contributed by atoms with Gasteiger partial charge >= 0.3 is 0 Å². The lowest BCUT2D eigenvalue weighted by Gasteiger charge is -2.31. The van der Waals surface area contributed by atoms with Gasteiger partial charge in [-0.1, -0.05) is 6.92 Å². The van der Waals surface area contributed by atoms with E-state index >= 15 is 0 Å². The van der Waals surface area contributed by atoms with Crippen molar-refractivity contribution >= 4 is 41.7 Å². The molecule has 1 saturated carbocycles. The average molecular weight is 468 g/mol. The number of piperidine rings is 1. The lowest BCUT2D eigenvalue weighted by Crippen LogP contribution is -2.43. The van der Waals surface area contributed by atoms with Crippen LogP contribution in [0.2, 0.25) is 0 Å². The summed E-state index contributed by atoms with van der Waals surface area (Å²) in [6, 6.07) is 0.608. The Labute approximate surface area is 170 Å². The fourth-order valence-corrected chi connectivity index (χ4v) is 4.52. The quantitative estimate of drug-likeness (QED) is 0.341. The molecule has 1 heterocycles. The van der Waals surface area contributed by atoms with Gasteiger partial charge < -0.3 is 15.5 Å². The van der Waals surface area contributed by atoms with Gasteiger partial charge in [0.15, 0.2) is 5.96 Å². The number of nitrogens with zero attached hydrogens (tertiary/aromatic N) is 2. The van der Waals surface area contributed by atoms with Gasteiger partial charge in [0.05, 0.1) is 0 Å². The third-order valence-corrected chi connectivity index (χ3v) is 6.25. The predicted molar refractivity (Wildman–Crippen MR) is 119 cm³/mol. The summed E-state index contributed by atoms with van der Waals surface area (Å²) in [6.07, 6.45) is 10.0. The van der Waals surface area contributed by atoms with Gasteiger partial charge in [-0.3, -0.25) is 4.99 Å². The van der Waals surface area contributed by atoms with E-state index in [-0.39, 0.29) is 24.0 Å². The molecule has 142 valence electrons. The lowest BCUT2D eigenvalue weighted by molar-refractivity contribution is 0.188. The van der Waals surface area contributed by atoms with Gasteiger partial charge in [-0.05, 0) is 77.3 Å². The molecule has 0 radical (unpaired) electrons. The highest BCUT2D eigenvalue weighted by molar-refractivity contribution is 14.0. The standard InChI is InChI=1S/C18H36N4S.HI/c1-4-10-22-11-8-15(9-12-22)14-20-18(19-5-2)21-16-6-7-17(13-16)23-3;/h15-17H,4-14H2,1-3H3,(H2,19,20,21);1H. The summed E-state index contributed by atoms with van der Waals surface area (Å²) in [5.74, 6) is 1.80. The van der Waals surface area contributed by atoms with Crippen molar-refractivity contribution in [3.63, 3.8) is 0 Å². The van der Waals surface area contributed by atoms with Crippen LogP contribution in [-0.2, 0) is 0 Å². The summed E-state index contributed by atoms with van der Waals surface area (Å²) < 4.78 is 0. The van der Waals surface area contributed by atoms with E-state index in [0.29, 0.717) is 6.04 Å². The Kier molecular flexibility index (Phi) is 11.8.